The summed E-state index contributed by atoms with van der Waals surface area (Å²) in [4.78, 5) is 12.2. The fourth-order valence-corrected chi connectivity index (χ4v) is 3.58. The van der Waals surface area contributed by atoms with Crippen molar-refractivity contribution >= 4 is 33.2 Å². The van der Waals surface area contributed by atoms with Crippen LogP contribution in [-0.4, -0.2) is 20.9 Å². The maximum atomic E-state index is 12.4. The number of carbonyl (C=O) groups excluding carboxylic acids is 1. The largest absolute Gasteiger partial charge is 0.493 e. The van der Waals surface area contributed by atoms with Crippen LogP contribution in [0.5, 0.6) is 5.75 Å². The summed E-state index contributed by atoms with van der Waals surface area (Å²) in [5, 5.41) is 3.27. The van der Waals surface area contributed by atoms with E-state index in [2.05, 4.69) is 10.0 Å². The van der Waals surface area contributed by atoms with E-state index in [-0.39, 0.29) is 30.4 Å². The van der Waals surface area contributed by atoms with Gasteiger partial charge in [0.05, 0.1) is 30.7 Å². The maximum absolute atomic E-state index is 12.4. The lowest BCUT2D eigenvalue weighted by Gasteiger charge is -2.10. The van der Waals surface area contributed by atoms with Gasteiger partial charge in [-0.1, -0.05) is 17.7 Å². The van der Waals surface area contributed by atoms with E-state index in [9.17, 15) is 13.2 Å². The lowest BCUT2D eigenvalue weighted by molar-refractivity contribution is -0.116. The van der Waals surface area contributed by atoms with Crippen molar-refractivity contribution in [3.63, 3.8) is 0 Å². The molecule has 0 bridgehead atoms. The fourth-order valence-electron chi connectivity index (χ4n) is 2.42. The van der Waals surface area contributed by atoms with Crippen LogP contribution in [-0.2, 0) is 21.4 Å². The Morgan fingerprint density at radius 3 is 2.59 bits per heavy atom. The predicted octanol–water partition coefficient (Wildman–Crippen LogP) is 3.82. The van der Waals surface area contributed by atoms with Crippen LogP contribution in [0.1, 0.15) is 12.2 Å². The monoisotopic (exact) mass is 434 g/mol. The van der Waals surface area contributed by atoms with Crippen LogP contribution in [0.25, 0.3) is 0 Å². The minimum absolute atomic E-state index is 0.0357. The third kappa shape index (κ3) is 6.35. The summed E-state index contributed by atoms with van der Waals surface area (Å²) < 4.78 is 37.9. The molecule has 9 heteroatoms. The minimum atomic E-state index is -3.75. The first-order valence-electron chi connectivity index (χ1n) is 8.73. The predicted molar refractivity (Wildman–Crippen MR) is 109 cm³/mol. The van der Waals surface area contributed by atoms with Gasteiger partial charge >= 0.3 is 0 Å². The smallest absolute Gasteiger partial charge is 0.241 e. The van der Waals surface area contributed by atoms with Crippen LogP contribution >= 0.6 is 11.6 Å². The molecule has 2 aromatic carbocycles. The topological polar surface area (TPSA) is 97.6 Å². The molecule has 0 radical (unpaired) electrons. The Kier molecular flexibility index (Phi) is 6.92. The van der Waals surface area contributed by atoms with Crippen molar-refractivity contribution in [1.82, 2.24) is 4.72 Å². The van der Waals surface area contributed by atoms with Gasteiger partial charge in [0.2, 0.25) is 15.9 Å². The molecule has 3 rings (SSSR count). The van der Waals surface area contributed by atoms with Crippen LogP contribution in [0.2, 0.25) is 5.02 Å². The van der Waals surface area contributed by atoms with Gasteiger partial charge in [-0.05, 0) is 54.6 Å². The minimum Gasteiger partial charge on any atom is -0.493 e. The number of sulfonamides is 1. The van der Waals surface area contributed by atoms with Gasteiger partial charge in [0.25, 0.3) is 0 Å². The molecule has 152 valence electrons. The Labute approximate surface area is 173 Å². The summed E-state index contributed by atoms with van der Waals surface area (Å²) in [6, 6.07) is 16.2. The van der Waals surface area contributed by atoms with E-state index in [0.29, 0.717) is 22.2 Å². The van der Waals surface area contributed by atoms with Gasteiger partial charge in [0, 0.05) is 10.7 Å². The summed E-state index contributed by atoms with van der Waals surface area (Å²) >= 11 is 5.81. The Balaban J connectivity index is 1.53. The SMILES string of the molecule is O=C(CCOc1ccc(Cl)cc1)Nc1cccc(S(=O)(=O)NCc2ccco2)c1. The third-order valence-electron chi connectivity index (χ3n) is 3.86. The zero-order valence-corrected chi connectivity index (χ0v) is 16.9. The van der Waals surface area contributed by atoms with Crippen molar-refractivity contribution in [1.29, 1.82) is 0 Å². The van der Waals surface area contributed by atoms with Crippen LogP contribution in [0, 0.1) is 0 Å². The highest BCUT2D eigenvalue weighted by Crippen LogP contribution is 2.17. The average molecular weight is 435 g/mol. The Morgan fingerprint density at radius 2 is 1.86 bits per heavy atom. The molecule has 7 nitrogen and oxygen atoms in total. The molecule has 0 unspecified atom stereocenters. The van der Waals surface area contributed by atoms with Gasteiger partial charge in [-0.2, -0.15) is 0 Å². The van der Waals surface area contributed by atoms with E-state index >= 15 is 0 Å². The molecule has 0 aliphatic rings. The fraction of sp³-hybridized carbons (Fsp3) is 0.150. The second kappa shape index (κ2) is 9.60. The lowest BCUT2D eigenvalue weighted by atomic mass is 10.3. The van der Waals surface area contributed by atoms with Crippen LogP contribution in [0.3, 0.4) is 0 Å². The van der Waals surface area contributed by atoms with Gasteiger partial charge in [-0.15, -0.1) is 0 Å². The van der Waals surface area contributed by atoms with E-state index in [4.69, 9.17) is 20.8 Å². The molecular formula is C20H19ClN2O5S. The highest BCUT2D eigenvalue weighted by Gasteiger charge is 2.15. The van der Waals surface area contributed by atoms with E-state index < -0.39 is 10.0 Å². The molecule has 0 saturated heterocycles. The highest BCUT2D eigenvalue weighted by atomic mass is 35.5. The van der Waals surface area contributed by atoms with E-state index in [1.807, 2.05) is 0 Å². The summed E-state index contributed by atoms with van der Waals surface area (Å²) in [6.07, 6.45) is 1.58. The number of hydrogen-bond acceptors (Lipinski definition) is 5. The molecule has 0 aliphatic carbocycles. The van der Waals surface area contributed by atoms with Crippen LogP contribution in [0.15, 0.2) is 76.2 Å². The lowest BCUT2D eigenvalue weighted by Crippen LogP contribution is -2.23. The number of hydrogen-bond donors (Lipinski definition) is 2. The van der Waals surface area contributed by atoms with Crippen molar-refractivity contribution in [2.24, 2.45) is 0 Å². The number of nitrogens with one attached hydrogen (secondary N) is 2. The van der Waals surface area contributed by atoms with Crippen molar-refractivity contribution in [2.45, 2.75) is 17.9 Å². The van der Waals surface area contributed by atoms with Gasteiger partial charge in [0.1, 0.15) is 11.5 Å². The zero-order chi connectivity index (χ0) is 20.7. The normalized spacial score (nSPS) is 11.2. The molecule has 0 aliphatic heterocycles. The molecule has 0 spiro atoms. The first-order chi connectivity index (χ1) is 13.9. The van der Waals surface area contributed by atoms with E-state index in [0.717, 1.165) is 0 Å². The summed E-state index contributed by atoms with van der Waals surface area (Å²) in [5.41, 5.74) is 0.377. The maximum Gasteiger partial charge on any atom is 0.241 e. The molecule has 2 N–H and O–H groups in total. The van der Waals surface area contributed by atoms with Crippen molar-refractivity contribution < 1.29 is 22.4 Å². The number of rotatable bonds is 9. The standard InChI is InChI=1S/C20H19ClN2O5S/c21-15-6-8-17(9-7-15)28-12-10-20(24)23-16-3-1-5-19(13-16)29(25,26)22-14-18-4-2-11-27-18/h1-9,11,13,22H,10,12,14H2,(H,23,24). The molecule has 0 atom stereocenters. The first kappa shape index (κ1) is 20.9. The number of ether oxygens (including phenoxy) is 1. The Hall–Kier alpha value is -2.81. The van der Waals surface area contributed by atoms with Gasteiger partial charge < -0.3 is 14.5 Å². The van der Waals surface area contributed by atoms with Crippen LogP contribution < -0.4 is 14.8 Å². The number of halogens is 1. The second-order valence-electron chi connectivity index (χ2n) is 6.03. The summed E-state index contributed by atoms with van der Waals surface area (Å²) in [7, 11) is -3.75. The van der Waals surface area contributed by atoms with E-state index in [1.54, 1.807) is 48.5 Å². The molecule has 1 heterocycles. The average Bonchev–Trinajstić information content (AvgIpc) is 3.22. The van der Waals surface area contributed by atoms with Crippen molar-refractivity contribution in [3.05, 3.63) is 77.7 Å². The van der Waals surface area contributed by atoms with E-state index in [1.165, 1.54) is 18.4 Å². The quantitative estimate of drug-likeness (QED) is 0.533. The Bertz CT molecular complexity index is 1050. The molecule has 0 fully saturated rings. The number of carbonyl (C=O) groups is 1. The number of benzene rings is 2. The molecular weight excluding hydrogens is 416 g/mol. The molecule has 0 saturated carbocycles. The van der Waals surface area contributed by atoms with Gasteiger partial charge in [-0.25, -0.2) is 13.1 Å². The zero-order valence-electron chi connectivity index (χ0n) is 15.3. The van der Waals surface area contributed by atoms with Gasteiger partial charge in [0.15, 0.2) is 0 Å². The Morgan fingerprint density at radius 1 is 1.07 bits per heavy atom. The molecule has 1 aromatic heterocycles. The third-order valence-corrected chi connectivity index (χ3v) is 5.51. The van der Waals surface area contributed by atoms with Gasteiger partial charge in [-0.3, -0.25) is 4.79 Å². The highest BCUT2D eigenvalue weighted by molar-refractivity contribution is 7.89. The van der Waals surface area contributed by atoms with Crippen molar-refractivity contribution in [3.8, 4) is 5.75 Å². The molecule has 1 amide bonds. The summed E-state index contributed by atoms with van der Waals surface area (Å²) in [6.45, 7) is 0.212. The van der Waals surface area contributed by atoms with Crippen LogP contribution in [0.4, 0.5) is 5.69 Å². The second-order valence-corrected chi connectivity index (χ2v) is 8.24. The number of furan rings is 1. The molecule has 3 aromatic rings. The van der Waals surface area contributed by atoms with Crippen molar-refractivity contribution in [2.75, 3.05) is 11.9 Å². The number of anilines is 1. The first-order valence-corrected chi connectivity index (χ1v) is 10.6. The molecule has 29 heavy (non-hydrogen) atoms. The number of amides is 1. The summed E-state index contributed by atoms with van der Waals surface area (Å²) in [5.74, 6) is 0.814.